The first kappa shape index (κ1) is 19.6. The van der Waals surface area contributed by atoms with Crippen molar-refractivity contribution in [2.75, 3.05) is 0 Å². The molecule has 1 fully saturated rings. The Kier molecular flexibility index (Phi) is 5.63. The van der Waals surface area contributed by atoms with Gasteiger partial charge in [0.2, 0.25) is 0 Å². The number of carbonyl (C=O) groups is 1. The molecule has 4 heteroatoms. The minimum absolute atomic E-state index is 0.149. The van der Waals surface area contributed by atoms with Crippen molar-refractivity contribution >= 4 is 16.7 Å². The normalized spacial score (nSPS) is 20.0. The van der Waals surface area contributed by atoms with Gasteiger partial charge >= 0.3 is 5.97 Å². The number of ether oxygens (including phenoxy) is 1. The molecule has 1 aliphatic rings. The predicted molar refractivity (Wildman–Crippen MR) is 114 cm³/mol. The van der Waals surface area contributed by atoms with Gasteiger partial charge < -0.3 is 10.1 Å². The number of esters is 1. The van der Waals surface area contributed by atoms with E-state index in [0.29, 0.717) is 23.1 Å². The van der Waals surface area contributed by atoms with Gasteiger partial charge in [-0.05, 0) is 66.8 Å². The topological polar surface area (TPSA) is 38.3 Å². The smallest absolute Gasteiger partial charge is 0.308 e. The van der Waals surface area contributed by atoms with E-state index >= 15 is 0 Å². The van der Waals surface area contributed by atoms with Crippen molar-refractivity contribution in [1.29, 1.82) is 0 Å². The highest BCUT2D eigenvalue weighted by atomic mass is 19.1. The van der Waals surface area contributed by atoms with Gasteiger partial charge in [0.05, 0.1) is 0 Å². The lowest BCUT2D eigenvalue weighted by Crippen LogP contribution is -2.29. The van der Waals surface area contributed by atoms with Crippen LogP contribution in [-0.2, 0) is 4.79 Å². The van der Waals surface area contributed by atoms with Crippen molar-refractivity contribution in [2.45, 2.75) is 51.1 Å². The Morgan fingerprint density at radius 3 is 2.48 bits per heavy atom. The van der Waals surface area contributed by atoms with Gasteiger partial charge in [-0.2, -0.15) is 0 Å². The minimum atomic E-state index is -0.301. The molecule has 1 N–H and O–H groups in total. The number of benzene rings is 3. The zero-order valence-electron chi connectivity index (χ0n) is 16.8. The standard InChI is InChI=1S/C25H26FNO2/c1-16(22-13-14-25(26)24-6-4-3-5-23(22)24)27-20-10-7-19(15-20)18-8-11-21(12-9-18)29-17(2)28/h3-6,8-9,11-14,16,19-20,27H,7,10,15H2,1-2H3/t16-,19?,20?/m1/s1. The molecule has 0 amide bonds. The summed E-state index contributed by atoms with van der Waals surface area (Å²) in [5.41, 5.74) is 2.42. The second-order valence-corrected chi connectivity index (χ2v) is 7.94. The molecule has 29 heavy (non-hydrogen) atoms. The Morgan fingerprint density at radius 2 is 1.76 bits per heavy atom. The van der Waals surface area contributed by atoms with Crippen molar-refractivity contribution in [2.24, 2.45) is 0 Å². The summed E-state index contributed by atoms with van der Waals surface area (Å²) in [6, 6.07) is 19.6. The van der Waals surface area contributed by atoms with E-state index in [1.54, 1.807) is 6.07 Å². The first-order chi connectivity index (χ1) is 14.0. The van der Waals surface area contributed by atoms with Crippen molar-refractivity contribution in [3.63, 3.8) is 0 Å². The van der Waals surface area contributed by atoms with E-state index in [9.17, 15) is 9.18 Å². The van der Waals surface area contributed by atoms with Crippen molar-refractivity contribution in [3.05, 3.63) is 77.6 Å². The zero-order valence-corrected chi connectivity index (χ0v) is 16.8. The van der Waals surface area contributed by atoms with Crippen LogP contribution in [0.5, 0.6) is 5.75 Å². The van der Waals surface area contributed by atoms with Gasteiger partial charge in [0.15, 0.2) is 0 Å². The third-order valence-corrected chi connectivity index (χ3v) is 5.90. The Labute approximate surface area is 170 Å². The third kappa shape index (κ3) is 4.33. The predicted octanol–water partition coefficient (Wildman–Crippen LogP) is 5.89. The SMILES string of the molecule is CC(=O)Oc1ccc(C2CCC(N[C@H](C)c3ccc(F)c4ccccc34)C2)cc1. The number of hydrogen-bond donors (Lipinski definition) is 1. The fourth-order valence-corrected chi connectivity index (χ4v) is 4.52. The van der Waals surface area contributed by atoms with Gasteiger partial charge in [0.25, 0.3) is 0 Å². The summed E-state index contributed by atoms with van der Waals surface area (Å²) in [7, 11) is 0. The van der Waals surface area contributed by atoms with Crippen LogP contribution >= 0.6 is 0 Å². The van der Waals surface area contributed by atoms with Gasteiger partial charge in [-0.15, -0.1) is 0 Å². The maximum absolute atomic E-state index is 14.1. The molecule has 3 aromatic carbocycles. The van der Waals surface area contributed by atoms with E-state index in [0.717, 1.165) is 30.2 Å². The second kappa shape index (κ2) is 8.34. The highest BCUT2D eigenvalue weighted by Gasteiger charge is 2.27. The Bertz CT molecular complexity index is 1020. The molecule has 150 valence electrons. The minimum Gasteiger partial charge on any atom is -0.427 e. The third-order valence-electron chi connectivity index (χ3n) is 5.90. The second-order valence-electron chi connectivity index (χ2n) is 7.94. The molecule has 0 saturated heterocycles. The molecule has 4 rings (SSSR count). The quantitative estimate of drug-likeness (QED) is 0.435. The highest BCUT2D eigenvalue weighted by molar-refractivity contribution is 5.86. The number of hydrogen-bond acceptors (Lipinski definition) is 3. The van der Waals surface area contributed by atoms with Gasteiger partial charge in [-0.1, -0.05) is 42.5 Å². The molecule has 0 bridgehead atoms. The lowest BCUT2D eigenvalue weighted by molar-refractivity contribution is -0.131. The molecule has 0 heterocycles. The number of fused-ring (bicyclic) bond motifs is 1. The first-order valence-corrected chi connectivity index (χ1v) is 10.2. The fourth-order valence-electron chi connectivity index (χ4n) is 4.52. The molecule has 1 saturated carbocycles. The van der Waals surface area contributed by atoms with E-state index in [1.807, 2.05) is 42.5 Å². The highest BCUT2D eigenvalue weighted by Crippen LogP contribution is 2.36. The zero-order chi connectivity index (χ0) is 20.4. The molecule has 3 aromatic rings. The van der Waals surface area contributed by atoms with Crippen LogP contribution in [0.4, 0.5) is 4.39 Å². The van der Waals surface area contributed by atoms with Crippen molar-refractivity contribution in [3.8, 4) is 5.75 Å². The lowest BCUT2D eigenvalue weighted by atomic mass is 9.96. The van der Waals surface area contributed by atoms with Gasteiger partial charge in [0, 0.05) is 24.4 Å². The van der Waals surface area contributed by atoms with Gasteiger partial charge in [0.1, 0.15) is 11.6 Å². The van der Waals surface area contributed by atoms with Crippen LogP contribution < -0.4 is 10.1 Å². The molecule has 0 aliphatic heterocycles. The molecule has 3 nitrogen and oxygen atoms in total. The summed E-state index contributed by atoms with van der Waals surface area (Å²) < 4.78 is 19.2. The van der Waals surface area contributed by atoms with E-state index in [2.05, 4.69) is 24.4 Å². The van der Waals surface area contributed by atoms with Crippen molar-refractivity contribution in [1.82, 2.24) is 5.32 Å². The fraction of sp³-hybridized carbons (Fsp3) is 0.320. The number of nitrogens with one attached hydrogen (secondary N) is 1. The van der Waals surface area contributed by atoms with Crippen LogP contribution in [0, 0.1) is 5.82 Å². The van der Waals surface area contributed by atoms with Crippen LogP contribution in [0.25, 0.3) is 10.8 Å². The number of halogens is 1. The van der Waals surface area contributed by atoms with Crippen LogP contribution in [0.3, 0.4) is 0 Å². The Hall–Kier alpha value is -2.72. The van der Waals surface area contributed by atoms with E-state index in [-0.39, 0.29) is 17.8 Å². The molecule has 0 radical (unpaired) electrons. The summed E-state index contributed by atoms with van der Waals surface area (Å²) in [5, 5.41) is 5.40. The van der Waals surface area contributed by atoms with Crippen LogP contribution in [0.15, 0.2) is 60.7 Å². The summed E-state index contributed by atoms with van der Waals surface area (Å²) >= 11 is 0. The molecule has 0 aromatic heterocycles. The van der Waals surface area contributed by atoms with E-state index in [4.69, 9.17) is 4.74 Å². The summed E-state index contributed by atoms with van der Waals surface area (Å²) in [5.74, 6) is 0.613. The number of carbonyl (C=O) groups excluding carboxylic acids is 1. The molecular weight excluding hydrogens is 365 g/mol. The molecule has 1 aliphatic carbocycles. The molecule has 2 unspecified atom stereocenters. The molecule has 0 spiro atoms. The van der Waals surface area contributed by atoms with Crippen LogP contribution in [0.1, 0.15) is 56.2 Å². The molecule has 3 atom stereocenters. The maximum atomic E-state index is 14.1. The Morgan fingerprint density at radius 1 is 1.03 bits per heavy atom. The summed E-state index contributed by atoms with van der Waals surface area (Å²) in [6.07, 6.45) is 3.30. The Balaban J connectivity index is 1.43. The molecular formula is C25H26FNO2. The average Bonchev–Trinajstić information content (AvgIpc) is 3.17. The number of rotatable bonds is 5. The van der Waals surface area contributed by atoms with Gasteiger partial charge in [-0.3, -0.25) is 4.79 Å². The average molecular weight is 391 g/mol. The monoisotopic (exact) mass is 391 g/mol. The van der Waals surface area contributed by atoms with E-state index in [1.165, 1.54) is 12.5 Å². The van der Waals surface area contributed by atoms with Crippen molar-refractivity contribution < 1.29 is 13.9 Å². The lowest BCUT2D eigenvalue weighted by Gasteiger charge is -2.22. The van der Waals surface area contributed by atoms with E-state index < -0.39 is 0 Å². The maximum Gasteiger partial charge on any atom is 0.308 e. The van der Waals surface area contributed by atoms with Crippen LogP contribution in [-0.4, -0.2) is 12.0 Å². The van der Waals surface area contributed by atoms with Gasteiger partial charge in [-0.25, -0.2) is 4.39 Å². The summed E-state index contributed by atoms with van der Waals surface area (Å²) in [6.45, 7) is 3.56. The first-order valence-electron chi connectivity index (χ1n) is 10.2. The largest absolute Gasteiger partial charge is 0.427 e. The summed E-state index contributed by atoms with van der Waals surface area (Å²) in [4.78, 5) is 11.1. The van der Waals surface area contributed by atoms with Crippen LogP contribution in [0.2, 0.25) is 0 Å².